The largest absolute Gasteiger partial charge is 0.311 e. The van der Waals surface area contributed by atoms with Crippen molar-refractivity contribution in [1.29, 1.82) is 0 Å². The van der Waals surface area contributed by atoms with E-state index in [-0.39, 0.29) is 71.7 Å². The number of anilines is 6. The molecule has 2 aromatic heterocycles. The Labute approximate surface area is 813 Å². The molecular weight excluding hydrogens is 1630 g/mol. The van der Waals surface area contributed by atoms with Crippen LogP contribution >= 0.6 is 0 Å². The van der Waals surface area contributed by atoms with Gasteiger partial charge in [0.05, 0.1) is 33.4 Å². The van der Waals surface area contributed by atoms with Gasteiger partial charge < -0.3 is 18.9 Å². The second kappa shape index (κ2) is 31.8. The highest BCUT2D eigenvalue weighted by molar-refractivity contribution is 7.00. The fourth-order valence-electron chi connectivity index (χ4n) is 21.5. The van der Waals surface area contributed by atoms with Crippen LogP contribution in [0.4, 0.5) is 34.1 Å². The summed E-state index contributed by atoms with van der Waals surface area (Å²) in [4.78, 5) is 5.66. The first kappa shape index (κ1) is 95.8. The van der Waals surface area contributed by atoms with Gasteiger partial charge in [0.2, 0.25) is 0 Å². The van der Waals surface area contributed by atoms with E-state index in [1.54, 1.807) is 0 Å². The molecule has 0 bridgehead atoms. The number of nitrogens with zero attached hydrogens (tertiary/aromatic N) is 4. The molecule has 135 heavy (non-hydrogen) atoms. The molecule has 0 spiro atoms. The molecule has 15 aromatic rings. The zero-order valence-electron chi connectivity index (χ0n) is 89.8. The van der Waals surface area contributed by atoms with Gasteiger partial charge in [-0.3, -0.25) is 0 Å². The molecule has 4 nitrogen and oxygen atoms in total. The van der Waals surface area contributed by atoms with Crippen molar-refractivity contribution in [3.05, 3.63) is 303 Å². The summed E-state index contributed by atoms with van der Waals surface area (Å²) in [6.07, 6.45) is 0. The summed E-state index contributed by atoms with van der Waals surface area (Å²) in [5.74, 6) is 0. The van der Waals surface area contributed by atoms with Crippen LogP contribution in [-0.4, -0.2) is 15.8 Å². The predicted molar refractivity (Wildman–Crippen MR) is 594 cm³/mol. The summed E-state index contributed by atoms with van der Waals surface area (Å²) >= 11 is 0. The molecule has 0 aliphatic carbocycles. The number of benzene rings is 13. The Morgan fingerprint density at radius 2 is 0.407 bits per heavy atom. The van der Waals surface area contributed by atoms with E-state index in [1.807, 2.05) is 0 Å². The molecule has 0 radical (unpaired) electrons. The molecule has 0 N–H and O–H groups in total. The topological polar surface area (TPSA) is 16.3 Å². The van der Waals surface area contributed by atoms with Gasteiger partial charge in [0.1, 0.15) is 0 Å². The fourth-order valence-corrected chi connectivity index (χ4v) is 21.5. The third kappa shape index (κ3) is 17.3. The Hall–Kier alpha value is -10.9. The minimum atomic E-state index is -0.398. The average molecular weight is 1780 g/mol. The summed E-state index contributed by atoms with van der Waals surface area (Å²) in [7, 11) is 0. The predicted octanol–water partition coefficient (Wildman–Crippen LogP) is 35.5. The van der Waals surface area contributed by atoms with E-state index in [4.69, 9.17) is 0 Å². The highest BCUT2D eigenvalue weighted by Crippen LogP contribution is 2.56. The monoisotopic (exact) mass is 1780 g/mol. The highest BCUT2D eigenvalue weighted by atomic mass is 15.2. The molecule has 0 fully saturated rings. The SMILES string of the molecule is CC(C)(C)c1ccc(C(C)(C)C)c(-c2ccc(-c3cc(C(C)(C)C)ccc3C(C)(C)C)c(N3c4cc(-n5c6ccc(C(C)(C)C)cc6c6cc(C(C)(C)C)ccc65)ccc4B4c5ccc(-n6c7ccc(C(C)(C)C)cc7c7cc(C(C)(C)C)ccc76)cc5N(c5cc(-c6cc(C(C)(C)C)ccc6C(C)(C)C)ccc5-c5cc(C(C)(C)C)ccc5C(C)(C)C)c5cc(C(C)(C)C)cc3c54)c2)c1. The van der Waals surface area contributed by atoms with Gasteiger partial charge in [-0.15, -0.1) is 0 Å². The standard InChI is InChI=1S/C130H155BN4/c1-118(2,3)80-42-54-101(127(28,29)30)93(66-80)78-40-52-91(95-68-82(120(7,8)9)44-56-103(95)129(34,35)36)111(64-78)134-113-76-89(132-107-60-46-84(122(13,14)15)70-97(107)98-71-85(123(16,17)18)47-61-108(98)132)50-58-105(113)131-106-59-51-90(133-109-62-48-86(124(19,20)21)72-99(109)100-73-87(125(22,23)24)49-63-110(100)133)77-114(106)135(116-75-88(126(25,26)27)74-115(134)117(116)131)112-65-79(94-67-81(119(4,5)6)43-55-102(94)128(31,32)33)41-53-92(112)96-69-83(121(10,11)12)45-57-104(96)130(37,38)39/h40-77H,1-39H3. The van der Waals surface area contributed by atoms with E-state index < -0.39 is 5.41 Å². The van der Waals surface area contributed by atoms with Crippen LogP contribution in [-0.2, 0) is 70.4 Å². The Balaban J connectivity index is 1.11. The Bertz CT molecular complexity index is 6730. The van der Waals surface area contributed by atoms with Crippen LogP contribution in [0, 0.1) is 0 Å². The van der Waals surface area contributed by atoms with Gasteiger partial charge in [0.15, 0.2) is 0 Å². The second-order valence-corrected chi connectivity index (χ2v) is 53.9. The number of rotatable bonds is 8. The third-order valence-corrected chi connectivity index (χ3v) is 29.9. The fraction of sp³-hybridized carbons (Fsp3) is 0.400. The van der Waals surface area contributed by atoms with Gasteiger partial charge in [-0.25, -0.2) is 0 Å². The Morgan fingerprint density at radius 1 is 0.170 bits per heavy atom. The average Bonchev–Trinajstić information content (AvgIpc) is 1.05. The number of aromatic nitrogens is 2. The molecule has 0 saturated carbocycles. The van der Waals surface area contributed by atoms with Crippen molar-refractivity contribution in [1.82, 2.24) is 9.13 Å². The van der Waals surface area contributed by atoms with Crippen molar-refractivity contribution in [3.8, 4) is 55.9 Å². The van der Waals surface area contributed by atoms with E-state index in [1.165, 1.54) is 188 Å². The van der Waals surface area contributed by atoms with Crippen LogP contribution in [0.2, 0.25) is 0 Å². The molecule has 698 valence electrons. The van der Waals surface area contributed by atoms with Crippen LogP contribution in [0.5, 0.6) is 0 Å². The maximum atomic E-state index is 2.83. The van der Waals surface area contributed by atoms with Crippen molar-refractivity contribution < 1.29 is 0 Å². The molecule has 2 aliphatic heterocycles. The van der Waals surface area contributed by atoms with Gasteiger partial charge in [-0.05, 0) is 290 Å². The van der Waals surface area contributed by atoms with Crippen LogP contribution < -0.4 is 26.2 Å². The first-order valence-electron chi connectivity index (χ1n) is 50.3. The van der Waals surface area contributed by atoms with Gasteiger partial charge >= 0.3 is 0 Å². The van der Waals surface area contributed by atoms with Crippen LogP contribution in [0.25, 0.3) is 99.5 Å². The molecular formula is C130H155BN4. The lowest BCUT2D eigenvalue weighted by Crippen LogP contribution is -2.61. The van der Waals surface area contributed by atoms with Crippen molar-refractivity contribution in [2.75, 3.05) is 9.80 Å². The van der Waals surface area contributed by atoms with Gasteiger partial charge in [0.25, 0.3) is 6.71 Å². The first-order chi connectivity index (χ1) is 62.1. The lowest BCUT2D eigenvalue weighted by Gasteiger charge is -2.46. The molecule has 0 unspecified atom stereocenters. The minimum Gasteiger partial charge on any atom is -0.311 e. The van der Waals surface area contributed by atoms with Crippen LogP contribution in [0.15, 0.2) is 231 Å². The lowest BCUT2D eigenvalue weighted by atomic mass is 9.33. The zero-order chi connectivity index (χ0) is 98.4. The summed E-state index contributed by atoms with van der Waals surface area (Å²) < 4.78 is 5.23. The molecule has 0 amide bonds. The highest BCUT2D eigenvalue weighted by Gasteiger charge is 2.47. The Kier molecular flexibility index (Phi) is 22.6. The van der Waals surface area contributed by atoms with Crippen molar-refractivity contribution >= 4 is 101 Å². The zero-order valence-corrected chi connectivity index (χ0v) is 89.8. The van der Waals surface area contributed by atoms with E-state index in [0.29, 0.717) is 0 Å². The molecule has 0 atom stereocenters. The normalized spacial score (nSPS) is 14.1. The van der Waals surface area contributed by atoms with Gasteiger partial charge in [-0.1, -0.05) is 403 Å². The number of fused-ring (bicyclic) bond motifs is 10. The van der Waals surface area contributed by atoms with E-state index in [2.05, 4.69) is 519 Å². The molecule has 5 heteroatoms. The molecule has 0 saturated heterocycles. The summed E-state index contributed by atoms with van der Waals surface area (Å²) in [6.45, 7) is 92.9. The third-order valence-electron chi connectivity index (χ3n) is 29.9. The number of hydrogen-bond donors (Lipinski definition) is 0. The maximum absolute atomic E-state index is 2.83. The van der Waals surface area contributed by atoms with Crippen LogP contribution in [0.3, 0.4) is 0 Å². The Morgan fingerprint density at radius 3 is 0.659 bits per heavy atom. The second-order valence-electron chi connectivity index (χ2n) is 53.9. The smallest absolute Gasteiger partial charge is 0.252 e. The van der Waals surface area contributed by atoms with Crippen molar-refractivity contribution in [3.63, 3.8) is 0 Å². The van der Waals surface area contributed by atoms with E-state index in [0.717, 1.165) is 34.1 Å². The number of hydrogen-bond acceptors (Lipinski definition) is 2. The summed E-state index contributed by atoms with van der Waals surface area (Å²) in [6, 6.07) is 95.3. The summed E-state index contributed by atoms with van der Waals surface area (Å²) in [5, 5.41) is 5.07. The van der Waals surface area contributed by atoms with Crippen molar-refractivity contribution in [2.24, 2.45) is 0 Å². The summed E-state index contributed by atoms with van der Waals surface area (Å²) in [5.41, 5.74) is 42.1. The van der Waals surface area contributed by atoms with E-state index in [9.17, 15) is 0 Å². The molecule has 13 aromatic carbocycles. The molecule has 17 rings (SSSR count). The lowest BCUT2D eigenvalue weighted by molar-refractivity contribution is 0.578. The maximum Gasteiger partial charge on any atom is 0.252 e. The quantitative estimate of drug-likeness (QED) is 0.141. The molecule has 4 heterocycles. The van der Waals surface area contributed by atoms with Crippen molar-refractivity contribution in [2.45, 2.75) is 340 Å². The van der Waals surface area contributed by atoms with Crippen LogP contribution in [0.1, 0.15) is 342 Å². The van der Waals surface area contributed by atoms with Gasteiger partial charge in [-0.2, -0.15) is 0 Å². The van der Waals surface area contributed by atoms with Gasteiger partial charge in [0, 0.05) is 66.8 Å². The first-order valence-corrected chi connectivity index (χ1v) is 50.3. The van der Waals surface area contributed by atoms with E-state index >= 15 is 0 Å². The minimum absolute atomic E-state index is 0.0881. The molecule has 2 aliphatic rings.